The molecule has 0 radical (unpaired) electrons. The smallest absolute Gasteiger partial charge is 0.384 e. The van der Waals surface area contributed by atoms with E-state index in [1.807, 2.05) is 0 Å². The number of anilines is 1. The number of aromatic nitrogens is 2. The lowest BCUT2D eigenvalue weighted by Crippen LogP contribution is -2.10. The van der Waals surface area contributed by atoms with Gasteiger partial charge in [-0.3, -0.25) is 0 Å². The SMILES string of the molecule is Nc1cc(C(F)(F)F)nn1CCC(F)F. The Balaban J connectivity index is 2.78. The molecular formula is C7H8F5N3. The summed E-state index contributed by atoms with van der Waals surface area (Å²) in [5.41, 5.74) is 4.01. The van der Waals surface area contributed by atoms with E-state index in [0.29, 0.717) is 6.07 Å². The van der Waals surface area contributed by atoms with E-state index in [0.717, 1.165) is 4.68 Å². The Bertz CT molecular complexity index is 330. The topological polar surface area (TPSA) is 43.8 Å². The van der Waals surface area contributed by atoms with Crippen molar-refractivity contribution in [1.82, 2.24) is 9.78 Å². The zero-order chi connectivity index (χ0) is 11.6. The molecule has 0 saturated heterocycles. The summed E-state index contributed by atoms with van der Waals surface area (Å²) >= 11 is 0. The molecule has 0 amide bonds. The van der Waals surface area contributed by atoms with Gasteiger partial charge < -0.3 is 5.73 Å². The van der Waals surface area contributed by atoms with Crippen molar-refractivity contribution in [1.29, 1.82) is 0 Å². The van der Waals surface area contributed by atoms with Crippen molar-refractivity contribution in [3.8, 4) is 0 Å². The fourth-order valence-electron chi connectivity index (χ4n) is 0.969. The number of halogens is 5. The molecule has 15 heavy (non-hydrogen) atoms. The normalized spacial score (nSPS) is 12.4. The second kappa shape index (κ2) is 4.03. The number of nitrogen functional groups attached to an aromatic ring is 1. The molecule has 0 aromatic carbocycles. The van der Waals surface area contributed by atoms with Gasteiger partial charge in [0, 0.05) is 19.0 Å². The molecule has 1 aromatic rings. The van der Waals surface area contributed by atoms with E-state index in [-0.39, 0.29) is 12.4 Å². The average Bonchev–Trinajstić information content (AvgIpc) is 2.42. The van der Waals surface area contributed by atoms with Crippen molar-refractivity contribution >= 4 is 5.82 Å². The van der Waals surface area contributed by atoms with Gasteiger partial charge in [0.25, 0.3) is 0 Å². The van der Waals surface area contributed by atoms with E-state index in [9.17, 15) is 22.0 Å². The Hall–Kier alpha value is -1.34. The van der Waals surface area contributed by atoms with Crippen LogP contribution in [0.1, 0.15) is 12.1 Å². The first kappa shape index (κ1) is 11.7. The second-order valence-electron chi connectivity index (χ2n) is 2.86. The van der Waals surface area contributed by atoms with Crippen LogP contribution < -0.4 is 5.73 Å². The van der Waals surface area contributed by atoms with Gasteiger partial charge in [0.05, 0.1) is 0 Å². The highest BCUT2D eigenvalue weighted by molar-refractivity contribution is 5.31. The predicted molar refractivity (Wildman–Crippen MR) is 42.3 cm³/mol. The van der Waals surface area contributed by atoms with Crippen LogP contribution in [0.4, 0.5) is 27.8 Å². The van der Waals surface area contributed by atoms with Gasteiger partial charge in [0.1, 0.15) is 5.82 Å². The fourth-order valence-corrected chi connectivity index (χ4v) is 0.969. The van der Waals surface area contributed by atoms with Crippen LogP contribution in [0.5, 0.6) is 0 Å². The van der Waals surface area contributed by atoms with Crippen LogP contribution in [-0.4, -0.2) is 16.2 Å². The van der Waals surface area contributed by atoms with Crippen molar-refractivity contribution in [2.75, 3.05) is 5.73 Å². The lowest BCUT2D eigenvalue weighted by molar-refractivity contribution is -0.141. The molecule has 0 atom stereocenters. The van der Waals surface area contributed by atoms with Gasteiger partial charge in [-0.2, -0.15) is 18.3 Å². The van der Waals surface area contributed by atoms with E-state index >= 15 is 0 Å². The zero-order valence-electron chi connectivity index (χ0n) is 7.43. The van der Waals surface area contributed by atoms with Crippen LogP contribution in [0.25, 0.3) is 0 Å². The number of nitrogens with zero attached hydrogens (tertiary/aromatic N) is 2. The summed E-state index contributed by atoms with van der Waals surface area (Å²) in [6, 6.07) is 0.617. The summed E-state index contributed by atoms with van der Waals surface area (Å²) in [7, 11) is 0. The van der Waals surface area contributed by atoms with Gasteiger partial charge in [-0.05, 0) is 0 Å². The minimum absolute atomic E-state index is 0.275. The number of aryl methyl sites for hydroxylation is 1. The Morgan fingerprint density at radius 2 is 2.00 bits per heavy atom. The minimum atomic E-state index is -4.61. The standard InChI is InChI=1S/C7H8F5N3/c8-5(9)1-2-15-6(13)3-4(14-15)7(10,11)12/h3,5H,1-2,13H2. The van der Waals surface area contributed by atoms with E-state index in [1.165, 1.54) is 0 Å². The molecule has 0 aliphatic carbocycles. The lowest BCUT2D eigenvalue weighted by Gasteiger charge is -2.03. The van der Waals surface area contributed by atoms with Crippen molar-refractivity contribution in [3.63, 3.8) is 0 Å². The summed E-state index contributed by atoms with van der Waals surface area (Å²) in [6.07, 6.45) is -7.78. The molecular weight excluding hydrogens is 221 g/mol. The molecule has 1 heterocycles. The monoisotopic (exact) mass is 229 g/mol. The molecule has 86 valence electrons. The zero-order valence-corrected chi connectivity index (χ0v) is 7.43. The highest BCUT2D eigenvalue weighted by Gasteiger charge is 2.34. The lowest BCUT2D eigenvalue weighted by atomic mass is 10.4. The Morgan fingerprint density at radius 1 is 1.40 bits per heavy atom. The summed E-state index contributed by atoms with van der Waals surface area (Å²) in [5.74, 6) is -0.275. The highest BCUT2D eigenvalue weighted by atomic mass is 19.4. The maximum absolute atomic E-state index is 12.1. The van der Waals surface area contributed by atoms with Crippen LogP contribution in [0, 0.1) is 0 Å². The minimum Gasteiger partial charge on any atom is -0.384 e. The molecule has 0 saturated carbocycles. The van der Waals surface area contributed by atoms with Crippen molar-refractivity contribution in [3.05, 3.63) is 11.8 Å². The van der Waals surface area contributed by atoms with Gasteiger partial charge in [-0.15, -0.1) is 0 Å². The predicted octanol–water partition coefficient (Wildman–Crippen LogP) is 2.14. The van der Waals surface area contributed by atoms with Gasteiger partial charge in [0.15, 0.2) is 5.69 Å². The second-order valence-corrected chi connectivity index (χ2v) is 2.86. The summed E-state index contributed by atoms with van der Waals surface area (Å²) in [6.45, 7) is -0.334. The van der Waals surface area contributed by atoms with Crippen LogP contribution in [0.2, 0.25) is 0 Å². The molecule has 0 fully saturated rings. The molecule has 1 rings (SSSR count). The van der Waals surface area contributed by atoms with Crippen LogP contribution in [0.3, 0.4) is 0 Å². The molecule has 1 aromatic heterocycles. The van der Waals surface area contributed by atoms with Crippen LogP contribution in [-0.2, 0) is 12.7 Å². The molecule has 0 spiro atoms. The number of rotatable bonds is 3. The third kappa shape index (κ3) is 3.07. The fraction of sp³-hybridized carbons (Fsp3) is 0.571. The number of hydrogen-bond acceptors (Lipinski definition) is 2. The third-order valence-corrected chi connectivity index (χ3v) is 1.66. The molecule has 0 unspecified atom stereocenters. The first-order valence-corrected chi connectivity index (χ1v) is 3.99. The van der Waals surface area contributed by atoms with E-state index < -0.39 is 24.7 Å². The molecule has 2 N–H and O–H groups in total. The summed E-state index contributed by atoms with van der Waals surface area (Å²) < 4.78 is 60.6. The van der Waals surface area contributed by atoms with Gasteiger partial charge in [-0.1, -0.05) is 0 Å². The molecule has 0 aliphatic rings. The van der Waals surface area contributed by atoms with Gasteiger partial charge >= 0.3 is 6.18 Å². The summed E-state index contributed by atoms with van der Waals surface area (Å²) in [5, 5.41) is 3.09. The van der Waals surface area contributed by atoms with Gasteiger partial charge in [0.2, 0.25) is 6.43 Å². The molecule has 0 bridgehead atoms. The maximum Gasteiger partial charge on any atom is 0.435 e. The first-order valence-electron chi connectivity index (χ1n) is 3.99. The first-order chi connectivity index (χ1) is 6.80. The quantitative estimate of drug-likeness (QED) is 0.807. The highest BCUT2D eigenvalue weighted by Crippen LogP contribution is 2.29. The van der Waals surface area contributed by atoms with E-state index in [1.54, 1.807) is 0 Å². The Kier molecular flexibility index (Phi) is 3.15. The summed E-state index contributed by atoms with van der Waals surface area (Å²) in [4.78, 5) is 0. The molecule has 8 heteroatoms. The van der Waals surface area contributed by atoms with Crippen LogP contribution in [0.15, 0.2) is 6.07 Å². The number of hydrogen-bond donors (Lipinski definition) is 1. The molecule has 3 nitrogen and oxygen atoms in total. The number of alkyl halides is 5. The van der Waals surface area contributed by atoms with Crippen molar-refractivity contribution in [2.24, 2.45) is 0 Å². The van der Waals surface area contributed by atoms with E-state index in [2.05, 4.69) is 5.10 Å². The van der Waals surface area contributed by atoms with Crippen molar-refractivity contribution in [2.45, 2.75) is 25.6 Å². The Morgan fingerprint density at radius 3 is 2.40 bits per heavy atom. The number of nitrogens with two attached hydrogens (primary N) is 1. The van der Waals surface area contributed by atoms with E-state index in [4.69, 9.17) is 5.73 Å². The maximum atomic E-state index is 12.1. The van der Waals surface area contributed by atoms with Crippen molar-refractivity contribution < 1.29 is 22.0 Å². The third-order valence-electron chi connectivity index (χ3n) is 1.66. The van der Waals surface area contributed by atoms with Gasteiger partial charge in [-0.25, -0.2) is 13.5 Å². The van der Waals surface area contributed by atoms with Crippen LogP contribution >= 0.6 is 0 Å². The molecule has 0 aliphatic heterocycles. The largest absolute Gasteiger partial charge is 0.435 e. The average molecular weight is 229 g/mol. The Labute approximate surface area is 81.7 Å².